The number of ether oxygens (including phenoxy) is 2. The highest BCUT2D eigenvalue weighted by molar-refractivity contribution is 6.37. The van der Waals surface area contributed by atoms with Crippen molar-refractivity contribution in [2.24, 2.45) is 0 Å². The average Bonchev–Trinajstić information content (AvgIpc) is 2.53. The minimum atomic E-state index is -0.596. The van der Waals surface area contributed by atoms with Gasteiger partial charge in [-0.3, -0.25) is 10.1 Å². The van der Waals surface area contributed by atoms with Crippen LogP contribution in [-0.2, 0) is 4.74 Å². The molecule has 0 heterocycles. The third kappa shape index (κ3) is 4.37. The minimum absolute atomic E-state index is 0.0174. The van der Waals surface area contributed by atoms with Crippen molar-refractivity contribution >= 4 is 34.9 Å². The molecule has 0 spiro atoms. The number of hydrogen-bond donors (Lipinski definition) is 0. The Balaban J connectivity index is 1.90. The van der Waals surface area contributed by atoms with Crippen LogP contribution < -0.4 is 4.74 Å². The van der Waals surface area contributed by atoms with Crippen molar-refractivity contribution in [3.63, 3.8) is 0 Å². The van der Waals surface area contributed by atoms with Gasteiger partial charge >= 0.3 is 5.97 Å². The van der Waals surface area contributed by atoms with Crippen LogP contribution in [-0.4, -0.2) is 24.1 Å². The Labute approximate surface area is 148 Å². The summed E-state index contributed by atoms with van der Waals surface area (Å²) in [6, 6.07) is 8.98. The van der Waals surface area contributed by atoms with Crippen LogP contribution in [0.1, 0.15) is 15.9 Å². The van der Waals surface area contributed by atoms with Gasteiger partial charge in [0, 0.05) is 11.6 Å². The lowest BCUT2D eigenvalue weighted by Gasteiger charge is -2.10. The van der Waals surface area contributed by atoms with Crippen molar-refractivity contribution in [1.29, 1.82) is 0 Å². The van der Waals surface area contributed by atoms with E-state index in [9.17, 15) is 14.9 Å². The summed E-state index contributed by atoms with van der Waals surface area (Å²) in [6.07, 6.45) is 0. The molecule has 0 unspecified atom stereocenters. The number of rotatable bonds is 6. The summed E-state index contributed by atoms with van der Waals surface area (Å²) in [6.45, 7) is 1.61. The lowest BCUT2D eigenvalue weighted by Crippen LogP contribution is -2.13. The first-order valence-electron chi connectivity index (χ1n) is 6.89. The zero-order chi connectivity index (χ0) is 17.7. The fourth-order valence-electron chi connectivity index (χ4n) is 1.97. The Morgan fingerprint density at radius 1 is 1.17 bits per heavy atom. The SMILES string of the molecule is Cc1cc(C(=O)OCCOc2c(Cl)cccc2Cl)ccc1[N+](=O)[O-]. The number of nitrogens with zero attached hydrogens (tertiary/aromatic N) is 1. The number of benzene rings is 2. The Hall–Kier alpha value is -2.31. The van der Waals surface area contributed by atoms with E-state index < -0.39 is 10.9 Å². The van der Waals surface area contributed by atoms with Gasteiger partial charge in [0.2, 0.25) is 0 Å². The highest BCUT2D eigenvalue weighted by Crippen LogP contribution is 2.32. The van der Waals surface area contributed by atoms with Crippen molar-refractivity contribution in [1.82, 2.24) is 0 Å². The molecule has 0 saturated carbocycles. The summed E-state index contributed by atoms with van der Waals surface area (Å²) in [7, 11) is 0. The molecule has 0 bridgehead atoms. The van der Waals surface area contributed by atoms with Crippen LogP contribution in [0, 0.1) is 17.0 Å². The summed E-state index contributed by atoms with van der Waals surface area (Å²) >= 11 is 11.9. The number of nitro groups is 1. The van der Waals surface area contributed by atoms with Gasteiger partial charge in [0.25, 0.3) is 5.69 Å². The van der Waals surface area contributed by atoms with Crippen molar-refractivity contribution in [2.45, 2.75) is 6.92 Å². The summed E-state index contributed by atoms with van der Waals surface area (Å²) in [5.41, 5.74) is 0.561. The summed E-state index contributed by atoms with van der Waals surface area (Å²) in [4.78, 5) is 22.2. The summed E-state index contributed by atoms with van der Waals surface area (Å²) in [5, 5.41) is 11.5. The molecule has 2 aromatic rings. The molecule has 0 radical (unpaired) electrons. The molecule has 0 aliphatic heterocycles. The number of carbonyl (C=O) groups is 1. The molecule has 0 aliphatic rings. The number of nitro benzene ring substituents is 1. The summed E-state index contributed by atoms with van der Waals surface area (Å²) < 4.78 is 10.5. The third-order valence-electron chi connectivity index (χ3n) is 3.11. The van der Waals surface area contributed by atoms with Crippen molar-refractivity contribution in [3.8, 4) is 5.75 Å². The second-order valence-electron chi connectivity index (χ2n) is 4.79. The predicted octanol–water partition coefficient (Wildman–Crippen LogP) is 4.45. The van der Waals surface area contributed by atoms with Gasteiger partial charge in [-0.05, 0) is 31.2 Å². The molecule has 8 heteroatoms. The Morgan fingerprint density at radius 3 is 2.42 bits per heavy atom. The maximum Gasteiger partial charge on any atom is 0.338 e. The van der Waals surface area contributed by atoms with Gasteiger partial charge < -0.3 is 9.47 Å². The lowest BCUT2D eigenvalue weighted by atomic mass is 10.1. The second-order valence-corrected chi connectivity index (χ2v) is 5.61. The standard InChI is InChI=1S/C16H13Cl2NO5/c1-10-9-11(5-6-14(10)19(21)22)16(20)24-8-7-23-15-12(17)3-2-4-13(15)18/h2-6,9H,7-8H2,1H3. The van der Waals surface area contributed by atoms with Gasteiger partial charge in [-0.1, -0.05) is 29.3 Å². The van der Waals surface area contributed by atoms with Crippen molar-refractivity contribution in [3.05, 3.63) is 67.7 Å². The molecule has 6 nitrogen and oxygen atoms in total. The van der Waals surface area contributed by atoms with E-state index in [4.69, 9.17) is 32.7 Å². The fraction of sp³-hybridized carbons (Fsp3) is 0.188. The van der Waals surface area contributed by atoms with Gasteiger partial charge in [-0.15, -0.1) is 0 Å². The van der Waals surface area contributed by atoms with Crippen LogP contribution in [0.15, 0.2) is 36.4 Å². The Kier molecular flexibility index (Phi) is 6.00. The molecule has 2 aromatic carbocycles. The quantitative estimate of drug-likeness (QED) is 0.325. The van der Waals surface area contributed by atoms with E-state index in [1.165, 1.54) is 18.2 Å². The lowest BCUT2D eigenvalue weighted by molar-refractivity contribution is -0.385. The van der Waals surface area contributed by atoms with E-state index >= 15 is 0 Å². The van der Waals surface area contributed by atoms with E-state index in [-0.39, 0.29) is 24.5 Å². The molecule has 24 heavy (non-hydrogen) atoms. The molecule has 0 saturated heterocycles. The van der Waals surface area contributed by atoms with Crippen molar-refractivity contribution < 1.29 is 19.2 Å². The zero-order valence-electron chi connectivity index (χ0n) is 12.6. The topological polar surface area (TPSA) is 78.7 Å². The maximum atomic E-state index is 11.9. The maximum absolute atomic E-state index is 11.9. The van der Waals surface area contributed by atoms with E-state index in [0.29, 0.717) is 21.4 Å². The third-order valence-corrected chi connectivity index (χ3v) is 3.71. The minimum Gasteiger partial charge on any atom is -0.487 e. The van der Waals surface area contributed by atoms with Gasteiger partial charge in [0.1, 0.15) is 13.2 Å². The highest BCUT2D eigenvalue weighted by atomic mass is 35.5. The fourth-order valence-corrected chi connectivity index (χ4v) is 2.48. The Morgan fingerprint density at radius 2 is 1.83 bits per heavy atom. The molecule has 0 aliphatic carbocycles. The first-order chi connectivity index (χ1) is 11.4. The van der Waals surface area contributed by atoms with Crippen LogP contribution in [0.25, 0.3) is 0 Å². The molecular formula is C16H13Cl2NO5. The van der Waals surface area contributed by atoms with E-state index in [1.54, 1.807) is 25.1 Å². The average molecular weight is 370 g/mol. The van der Waals surface area contributed by atoms with Crippen LogP contribution in [0.5, 0.6) is 5.75 Å². The number of halogens is 2. The molecule has 0 fully saturated rings. The number of para-hydroxylation sites is 1. The van der Waals surface area contributed by atoms with Gasteiger partial charge in [0.05, 0.1) is 20.5 Å². The van der Waals surface area contributed by atoms with E-state index in [2.05, 4.69) is 0 Å². The number of hydrogen-bond acceptors (Lipinski definition) is 5. The second kappa shape index (κ2) is 7.99. The van der Waals surface area contributed by atoms with Crippen LogP contribution in [0.4, 0.5) is 5.69 Å². The van der Waals surface area contributed by atoms with Crippen molar-refractivity contribution in [2.75, 3.05) is 13.2 Å². The molecule has 126 valence electrons. The molecule has 0 amide bonds. The van der Waals surface area contributed by atoms with Crippen LogP contribution in [0.2, 0.25) is 10.0 Å². The smallest absolute Gasteiger partial charge is 0.338 e. The molecular weight excluding hydrogens is 357 g/mol. The number of aryl methyl sites for hydroxylation is 1. The first-order valence-corrected chi connectivity index (χ1v) is 7.64. The predicted molar refractivity (Wildman–Crippen MR) is 90.1 cm³/mol. The van der Waals surface area contributed by atoms with Gasteiger partial charge in [-0.2, -0.15) is 0 Å². The van der Waals surface area contributed by atoms with E-state index in [0.717, 1.165) is 0 Å². The van der Waals surface area contributed by atoms with Crippen LogP contribution >= 0.6 is 23.2 Å². The normalized spacial score (nSPS) is 10.3. The summed E-state index contributed by atoms with van der Waals surface area (Å²) in [5.74, 6) is -0.273. The van der Waals surface area contributed by atoms with Gasteiger partial charge in [-0.25, -0.2) is 4.79 Å². The monoisotopic (exact) mass is 369 g/mol. The highest BCUT2D eigenvalue weighted by Gasteiger charge is 2.15. The first kappa shape index (κ1) is 18.0. The number of carbonyl (C=O) groups excluding carboxylic acids is 1. The molecule has 2 rings (SSSR count). The molecule has 0 N–H and O–H groups in total. The largest absolute Gasteiger partial charge is 0.487 e. The Bertz CT molecular complexity index is 759. The van der Waals surface area contributed by atoms with E-state index in [1.807, 2.05) is 0 Å². The van der Waals surface area contributed by atoms with Crippen LogP contribution in [0.3, 0.4) is 0 Å². The molecule has 0 aromatic heterocycles. The molecule has 0 atom stereocenters. The zero-order valence-corrected chi connectivity index (χ0v) is 14.1. The number of esters is 1. The van der Waals surface area contributed by atoms with Gasteiger partial charge in [0.15, 0.2) is 5.75 Å².